The highest BCUT2D eigenvalue weighted by atomic mass is 16.5. The van der Waals surface area contributed by atoms with Crippen LogP contribution in [0.4, 0.5) is 10.5 Å². The van der Waals surface area contributed by atoms with E-state index in [-0.39, 0.29) is 11.9 Å². The van der Waals surface area contributed by atoms with Gasteiger partial charge < -0.3 is 14.7 Å². The first-order valence-corrected chi connectivity index (χ1v) is 6.75. The maximum absolute atomic E-state index is 12.2. The summed E-state index contributed by atoms with van der Waals surface area (Å²) < 4.78 is 6.63. The van der Waals surface area contributed by atoms with Crippen molar-refractivity contribution in [1.82, 2.24) is 19.8 Å². The van der Waals surface area contributed by atoms with Crippen molar-refractivity contribution in [2.24, 2.45) is 0 Å². The number of amides is 2. The van der Waals surface area contributed by atoms with Crippen molar-refractivity contribution < 1.29 is 9.32 Å². The molecule has 0 bridgehead atoms. The average Bonchev–Trinajstić information content (AvgIpc) is 3.19. The molecule has 1 N–H and O–H groups in total. The molecular formula is C13H17N5O2. The summed E-state index contributed by atoms with van der Waals surface area (Å²) >= 11 is 0. The van der Waals surface area contributed by atoms with Crippen molar-refractivity contribution in [3.05, 3.63) is 30.4 Å². The number of hydrogen-bond acceptors (Lipinski definition) is 4. The number of likely N-dealkylation sites (tertiary alicyclic amines) is 1. The lowest BCUT2D eigenvalue weighted by Gasteiger charge is -2.16. The highest BCUT2D eigenvalue weighted by Gasteiger charge is 2.29. The third-order valence-corrected chi connectivity index (χ3v) is 3.56. The van der Waals surface area contributed by atoms with Crippen LogP contribution in [0.15, 0.2) is 29.2 Å². The van der Waals surface area contributed by atoms with Gasteiger partial charge in [0.2, 0.25) is 0 Å². The fourth-order valence-corrected chi connectivity index (χ4v) is 2.42. The monoisotopic (exact) mass is 275 g/mol. The molecule has 20 heavy (non-hydrogen) atoms. The van der Waals surface area contributed by atoms with Gasteiger partial charge in [-0.05, 0) is 13.3 Å². The summed E-state index contributed by atoms with van der Waals surface area (Å²) in [6, 6.07) is 1.77. The second kappa shape index (κ2) is 5.36. The first kappa shape index (κ1) is 12.7. The van der Waals surface area contributed by atoms with Crippen LogP contribution >= 0.6 is 0 Å². The van der Waals surface area contributed by atoms with Crippen LogP contribution in [-0.4, -0.2) is 39.0 Å². The number of anilines is 1. The lowest BCUT2D eigenvalue weighted by molar-refractivity contribution is 0.222. The van der Waals surface area contributed by atoms with E-state index in [4.69, 9.17) is 4.52 Å². The Labute approximate surface area is 116 Å². The third kappa shape index (κ3) is 2.52. The Balaban J connectivity index is 1.58. The Morgan fingerprint density at radius 1 is 1.60 bits per heavy atom. The predicted octanol–water partition coefficient (Wildman–Crippen LogP) is 1.91. The Hall–Kier alpha value is -2.31. The fraction of sp³-hybridized carbons (Fsp3) is 0.462. The van der Waals surface area contributed by atoms with Crippen molar-refractivity contribution in [1.29, 1.82) is 0 Å². The molecule has 0 aliphatic carbocycles. The molecule has 2 aromatic rings. The zero-order valence-electron chi connectivity index (χ0n) is 11.3. The smallest absolute Gasteiger partial charge is 0.321 e. The van der Waals surface area contributed by atoms with E-state index in [0.29, 0.717) is 6.54 Å². The van der Waals surface area contributed by atoms with E-state index < -0.39 is 0 Å². The van der Waals surface area contributed by atoms with Crippen molar-refractivity contribution >= 4 is 11.7 Å². The minimum atomic E-state index is -0.0911. The van der Waals surface area contributed by atoms with Crippen LogP contribution in [-0.2, 0) is 6.54 Å². The number of hydrogen-bond donors (Lipinski definition) is 1. The Morgan fingerprint density at radius 2 is 2.50 bits per heavy atom. The van der Waals surface area contributed by atoms with E-state index in [9.17, 15) is 4.79 Å². The zero-order valence-corrected chi connectivity index (χ0v) is 11.3. The van der Waals surface area contributed by atoms with Crippen LogP contribution < -0.4 is 5.32 Å². The zero-order chi connectivity index (χ0) is 13.9. The van der Waals surface area contributed by atoms with Gasteiger partial charge in [0.1, 0.15) is 6.26 Å². The van der Waals surface area contributed by atoms with Crippen molar-refractivity contribution in [2.75, 3.05) is 18.4 Å². The Bertz CT molecular complexity index is 577. The molecule has 3 rings (SSSR count). The minimum absolute atomic E-state index is 0.0911. The van der Waals surface area contributed by atoms with E-state index in [1.165, 1.54) is 0 Å². The second-order valence-electron chi connectivity index (χ2n) is 4.87. The molecule has 3 heterocycles. The first-order valence-electron chi connectivity index (χ1n) is 6.75. The topological polar surface area (TPSA) is 76.2 Å². The molecule has 1 atom stereocenters. The highest BCUT2D eigenvalue weighted by molar-refractivity contribution is 5.89. The van der Waals surface area contributed by atoms with Gasteiger partial charge in [0.25, 0.3) is 0 Å². The van der Waals surface area contributed by atoms with Gasteiger partial charge in [0.05, 0.1) is 17.6 Å². The number of urea groups is 1. The van der Waals surface area contributed by atoms with Gasteiger partial charge in [-0.2, -0.15) is 5.10 Å². The molecule has 1 fully saturated rings. The van der Waals surface area contributed by atoms with Crippen LogP contribution in [0.1, 0.15) is 25.0 Å². The van der Waals surface area contributed by atoms with Crippen LogP contribution in [0.3, 0.4) is 0 Å². The molecule has 1 aliphatic rings. The molecular weight excluding hydrogens is 258 g/mol. The van der Waals surface area contributed by atoms with Gasteiger partial charge in [0.15, 0.2) is 0 Å². The summed E-state index contributed by atoms with van der Waals surface area (Å²) in [5, 5.41) is 10.9. The normalized spacial score (nSPS) is 18.4. The standard InChI is InChI=1S/C13H17N5O2/c1-2-18-9-11(7-14-18)15-13(19)17-5-3-10(8-17)12-4-6-20-16-12/h4,6-7,9-10H,2-3,5,8H2,1H3,(H,15,19). The van der Waals surface area contributed by atoms with Gasteiger partial charge in [-0.1, -0.05) is 5.16 Å². The molecule has 1 saturated heterocycles. The molecule has 1 unspecified atom stereocenters. The number of nitrogens with zero attached hydrogens (tertiary/aromatic N) is 4. The number of rotatable bonds is 3. The molecule has 2 amide bonds. The summed E-state index contributed by atoms with van der Waals surface area (Å²) in [5.41, 5.74) is 1.64. The van der Waals surface area contributed by atoms with Gasteiger partial charge in [-0.15, -0.1) is 0 Å². The Kier molecular flexibility index (Phi) is 3.41. The van der Waals surface area contributed by atoms with E-state index in [1.807, 2.05) is 19.2 Å². The SMILES string of the molecule is CCn1cc(NC(=O)N2CCC(c3ccon3)C2)cn1. The lowest BCUT2D eigenvalue weighted by Crippen LogP contribution is -2.32. The molecule has 0 saturated carbocycles. The number of nitrogens with one attached hydrogen (secondary N) is 1. The summed E-state index contributed by atoms with van der Waals surface area (Å²) in [4.78, 5) is 14.0. The van der Waals surface area contributed by atoms with Gasteiger partial charge in [-0.3, -0.25) is 4.68 Å². The molecule has 0 aromatic carbocycles. The van der Waals surface area contributed by atoms with Crippen LogP contribution in [0.25, 0.3) is 0 Å². The van der Waals surface area contributed by atoms with E-state index >= 15 is 0 Å². The third-order valence-electron chi connectivity index (χ3n) is 3.56. The maximum Gasteiger partial charge on any atom is 0.321 e. The summed E-state index contributed by atoms with van der Waals surface area (Å²) in [7, 11) is 0. The lowest BCUT2D eigenvalue weighted by atomic mass is 10.1. The average molecular weight is 275 g/mol. The molecule has 7 nitrogen and oxygen atoms in total. The molecule has 1 aliphatic heterocycles. The van der Waals surface area contributed by atoms with E-state index in [2.05, 4.69) is 15.6 Å². The summed E-state index contributed by atoms with van der Waals surface area (Å²) in [6.07, 6.45) is 5.96. The molecule has 7 heteroatoms. The molecule has 2 aromatic heterocycles. The van der Waals surface area contributed by atoms with Gasteiger partial charge >= 0.3 is 6.03 Å². The molecule has 0 radical (unpaired) electrons. The van der Waals surface area contributed by atoms with Gasteiger partial charge in [0, 0.05) is 37.8 Å². The largest absolute Gasteiger partial charge is 0.365 e. The number of aromatic nitrogens is 3. The first-order chi connectivity index (χ1) is 9.76. The molecule has 106 valence electrons. The predicted molar refractivity (Wildman–Crippen MR) is 72.4 cm³/mol. The second-order valence-corrected chi connectivity index (χ2v) is 4.87. The highest BCUT2D eigenvalue weighted by Crippen LogP contribution is 2.26. The summed E-state index contributed by atoms with van der Waals surface area (Å²) in [5.74, 6) is 0.262. The van der Waals surface area contributed by atoms with Crippen LogP contribution in [0, 0.1) is 0 Å². The number of carbonyl (C=O) groups is 1. The van der Waals surface area contributed by atoms with E-state index in [0.717, 1.165) is 30.9 Å². The minimum Gasteiger partial charge on any atom is -0.365 e. The van der Waals surface area contributed by atoms with Crippen molar-refractivity contribution in [2.45, 2.75) is 25.8 Å². The van der Waals surface area contributed by atoms with Crippen molar-refractivity contribution in [3.63, 3.8) is 0 Å². The maximum atomic E-state index is 12.2. The van der Waals surface area contributed by atoms with Gasteiger partial charge in [-0.25, -0.2) is 4.79 Å². The fourth-order valence-electron chi connectivity index (χ4n) is 2.42. The van der Waals surface area contributed by atoms with E-state index in [1.54, 1.807) is 22.0 Å². The van der Waals surface area contributed by atoms with Crippen molar-refractivity contribution in [3.8, 4) is 0 Å². The number of aryl methyl sites for hydroxylation is 1. The van der Waals surface area contributed by atoms with Crippen LogP contribution in [0.5, 0.6) is 0 Å². The Morgan fingerprint density at radius 3 is 3.20 bits per heavy atom. The quantitative estimate of drug-likeness (QED) is 0.928. The van der Waals surface area contributed by atoms with Crippen LogP contribution in [0.2, 0.25) is 0 Å². The number of carbonyl (C=O) groups excluding carboxylic acids is 1. The summed E-state index contributed by atoms with van der Waals surface area (Å²) in [6.45, 7) is 4.18. The molecule has 0 spiro atoms.